The molecule has 2 aromatic rings. The lowest BCUT2D eigenvalue weighted by molar-refractivity contribution is 0.398. The summed E-state index contributed by atoms with van der Waals surface area (Å²) in [5.74, 6) is -0.382. The Bertz CT molecular complexity index is 633. The Kier molecular flexibility index (Phi) is 5.79. The molecule has 108 valence electrons. The van der Waals surface area contributed by atoms with Crippen molar-refractivity contribution in [2.24, 2.45) is 0 Å². The highest BCUT2D eigenvalue weighted by Gasteiger charge is 2.10. The van der Waals surface area contributed by atoms with E-state index in [1.165, 1.54) is 18.3 Å². The van der Waals surface area contributed by atoms with Crippen molar-refractivity contribution in [3.8, 4) is 0 Å². The van der Waals surface area contributed by atoms with Crippen LogP contribution in [-0.4, -0.2) is 20.5 Å². The topological polar surface area (TPSA) is 56.3 Å². The Hall–Kier alpha value is -1.79. The quantitative estimate of drug-likeness (QED) is 0.632. The van der Waals surface area contributed by atoms with Gasteiger partial charge < -0.3 is 0 Å². The van der Waals surface area contributed by atoms with Crippen molar-refractivity contribution in [1.82, 2.24) is 4.98 Å². The SMILES string of the molecule is COS(=O)(=O)c1ccc(C)cc1.Cc1cccnc1F. The van der Waals surface area contributed by atoms with Crippen LogP contribution in [0.25, 0.3) is 0 Å². The van der Waals surface area contributed by atoms with Gasteiger partial charge in [0, 0.05) is 11.8 Å². The third-order valence-corrected chi connectivity index (χ3v) is 3.76. The minimum absolute atomic E-state index is 0.190. The molecule has 0 bridgehead atoms. The van der Waals surface area contributed by atoms with Gasteiger partial charge in [-0.25, -0.2) is 4.98 Å². The van der Waals surface area contributed by atoms with Crippen LogP contribution >= 0.6 is 0 Å². The molecule has 0 aliphatic carbocycles. The van der Waals surface area contributed by atoms with Crippen molar-refractivity contribution in [2.45, 2.75) is 18.7 Å². The first-order valence-corrected chi connectivity index (χ1v) is 7.22. The van der Waals surface area contributed by atoms with Gasteiger partial charge in [0.25, 0.3) is 10.1 Å². The number of hydrogen-bond acceptors (Lipinski definition) is 4. The molecule has 0 aliphatic heterocycles. The minimum Gasteiger partial charge on any atom is -0.270 e. The molecule has 0 radical (unpaired) electrons. The van der Waals surface area contributed by atoms with Gasteiger partial charge in [-0.2, -0.15) is 12.8 Å². The monoisotopic (exact) mass is 297 g/mol. The molecule has 0 fully saturated rings. The average molecular weight is 297 g/mol. The molecule has 0 N–H and O–H groups in total. The lowest BCUT2D eigenvalue weighted by atomic mass is 10.2. The maximum absolute atomic E-state index is 12.2. The van der Waals surface area contributed by atoms with Crippen LogP contribution in [0.4, 0.5) is 4.39 Å². The number of aryl methyl sites for hydroxylation is 2. The van der Waals surface area contributed by atoms with E-state index in [0.29, 0.717) is 5.56 Å². The van der Waals surface area contributed by atoms with Crippen LogP contribution in [0, 0.1) is 19.8 Å². The van der Waals surface area contributed by atoms with Crippen molar-refractivity contribution in [3.05, 3.63) is 59.7 Å². The summed E-state index contributed by atoms with van der Waals surface area (Å²) in [4.78, 5) is 3.60. The van der Waals surface area contributed by atoms with E-state index in [-0.39, 0.29) is 10.8 Å². The molecule has 4 nitrogen and oxygen atoms in total. The number of rotatable bonds is 2. The summed E-state index contributed by atoms with van der Waals surface area (Å²) in [6, 6.07) is 9.89. The Morgan fingerprint density at radius 1 is 1.10 bits per heavy atom. The number of nitrogens with zero attached hydrogens (tertiary/aromatic N) is 1. The highest BCUT2D eigenvalue weighted by atomic mass is 32.2. The minimum atomic E-state index is -3.51. The van der Waals surface area contributed by atoms with E-state index in [4.69, 9.17) is 0 Å². The molecule has 6 heteroatoms. The molecule has 1 aromatic carbocycles. The summed E-state index contributed by atoms with van der Waals surface area (Å²) in [6.07, 6.45) is 1.43. The number of halogens is 1. The number of hydrogen-bond donors (Lipinski definition) is 0. The van der Waals surface area contributed by atoms with Gasteiger partial charge in [0.1, 0.15) is 0 Å². The number of aromatic nitrogens is 1. The number of benzene rings is 1. The highest BCUT2D eigenvalue weighted by molar-refractivity contribution is 7.86. The Morgan fingerprint density at radius 2 is 1.70 bits per heavy atom. The van der Waals surface area contributed by atoms with E-state index in [1.54, 1.807) is 31.2 Å². The van der Waals surface area contributed by atoms with Crippen LogP contribution in [0.15, 0.2) is 47.5 Å². The summed E-state index contributed by atoms with van der Waals surface area (Å²) in [6.45, 7) is 3.57. The van der Waals surface area contributed by atoms with Crippen LogP contribution in [-0.2, 0) is 14.3 Å². The fourth-order valence-corrected chi connectivity index (χ4v) is 1.93. The zero-order valence-corrected chi connectivity index (χ0v) is 12.3. The molecule has 20 heavy (non-hydrogen) atoms. The van der Waals surface area contributed by atoms with Crippen LogP contribution in [0.2, 0.25) is 0 Å². The van der Waals surface area contributed by atoms with Crippen LogP contribution < -0.4 is 0 Å². The number of pyridine rings is 1. The maximum atomic E-state index is 12.2. The zero-order valence-electron chi connectivity index (χ0n) is 11.5. The van der Waals surface area contributed by atoms with Crippen molar-refractivity contribution >= 4 is 10.1 Å². The standard InChI is InChI=1S/C8H10O3S.C6H6FN/c1-7-3-5-8(6-4-7)12(9,10)11-2;1-5-3-2-4-8-6(5)7/h3-6H,1-2H3;2-4H,1H3. The first-order valence-electron chi connectivity index (χ1n) is 5.81. The molecule has 0 saturated heterocycles. The van der Waals surface area contributed by atoms with Crippen LogP contribution in [0.1, 0.15) is 11.1 Å². The van der Waals surface area contributed by atoms with Gasteiger partial charge in [-0.15, -0.1) is 0 Å². The second kappa shape index (κ2) is 7.12. The Labute approximate surface area is 118 Å². The van der Waals surface area contributed by atoms with Crippen molar-refractivity contribution in [1.29, 1.82) is 0 Å². The third kappa shape index (κ3) is 4.71. The molecule has 0 saturated carbocycles. The summed E-state index contributed by atoms with van der Waals surface area (Å²) in [7, 11) is -2.37. The lowest BCUT2D eigenvalue weighted by Crippen LogP contribution is -2.02. The molecule has 2 rings (SSSR count). The predicted molar refractivity (Wildman–Crippen MR) is 74.3 cm³/mol. The van der Waals surface area contributed by atoms with Gasteiger partial charge in [-0.05, 0) is 32.0 Å². The van der Waals surface area contributed by atoms with Gasteiger partial charge in [0.2, 0.25) is 5.95 Å². The summed E-state index contributed by atoms with van der Waals surface area (Å²) >= 11 is 0. The summed E-state index contributed by atoms with van der Waals surface area (Å²) < 4.78 is 38.7. The highest BCUT2D eigenvalue weighted by Crippen LogP contribution is 2.11. The lowest BCUT2D eigenvalue weighted by Gasteiger charge is -2.00. The van der Waals surface area contributed by atoms with E-state index in [9.17, 15) is 12.8 Å². The van der Waals surface area contributed by atoms with Crippen LogP contribution in [0.3, 0.4) is 0 Å². The van der Waals surface area contributed by atoms with Crippen LogP contribution in [0.5, 0.6) is 0 Å². The fraction of sp³-hybridized carbons (Fsp3) is 0.214. The second-order valence-corrected chi connectivity index (χ2v) is 5.76. The van der Waals surface area contributed by atoms with E-state index < -0.39 is 10.1 Å². The Morgan fingerprint density at radius 3 is 2.10 bits per heavy atom. The van der Waals surface area contributed by atoms with Gasteiger partial charge >= 0.3 is 0 Å². The largest absolute Gasteiger partial charge is 0.296 e. The maximum Gasteiger partial charge on any atom is 0.296 e. The predicted octanol–water partition coefficient (Wildman–Crippen LogP) is 2.86. The molecule has 0 atom stereocenters. The first kappa shape index (κ1) is 16.3. The second-order valence-electron chi connectivity index (χ2n) is 4.04. The molecule has 0 unspecified atom stereocenters. The molecule has 1 aromatic heterocycles. The van der Waals surface area contributed by atoms with Gasteiger partial charge in [0.05, 0.1) is 12.0 Å². The normalized spacial score (nSPS) is 10.6. The molecular formula is C14H16FNO3S. The summed E-state index contributed by atoms with van der Waals surface area (Å²) in [5, 5.41) is 0. The third-order valence-electron chi connectivity index (χ3n) is 2.47. The van der Waals surface area contributed by atoms with Crippen molar-refractivity contribution < 1.29 is 17.0 Å². The Balaban J connectivity index is 0.000000217. The zero-order chi connectivity index (χ0) is 15.2. The molecule has 0 aliphatic rings. The fourth-order valence-electron chi connectivity index (χ4n) is 1.27. The van der Waals surface area contributed by atoms with E-state index in [0.717, 1.165) is 12.7 Å². The van der Waals surface area contributed by atoms with Gasteiger partial charge in [-0.3, -0.25) is 4.18 Å². The van der Waals surface area contributed by atoms with Gasteiger partial charge in [-0.1, -0.05) is 23.8 Å². The molecule has 0 amide bonds. The van der Waals surface area contributed by atoms with Gasteiger partial charge in [0.15, 0.2) is 0 Å². The average Bonchev–Trinajstić information content (AvgIpc) is 2.43. The first-order chi connectivity index (χ1) is 9.36. The van der Waals surface area contributed by atoms with E-state index in [1.807, 2.05) is 6.92 Å². The van der Waals surface area contributed by atoms with E-state index >= 15 is 0 Å². The van der Waals surface area contributed by atoms with E-state index in [2.05, 4.69) is 9.17 Å². The molecular weight excluding hydrogens is 281 g/mol. The molecule has 1 heterocycles. The smallest absolute Gasteiger partial charge is 0.270 e. The van der Waals surface area contributed by atoms with Crippen molar-refractivity contribution in [3.63, 3.8) is 0 Å². The molecule has 0 spiro atoms. The summed E-state index contributed by atoms with van der Waals surface area (Å²) in [5.41, 5.74) is 1.61. The van der Waals surface area contributed by atoms with Crippen molar-refractivity contribution in [2.75, 3.05) is 7.11 Å².